The molecule has 0 heterocycles. The summed E-state index contributed by atoms with van der Waals surface area (Å²) in [6.45, 7) is 0. The fourth-order valence-electron chi connectivity index (χ4n) is 0.161. The van der Waals surface area contributed by atoms with E-state index in [1.54, 1.807) is 0 Å². The molecular weight excluding hydrogens is 204 g/mol. The van der Waals surface area contributed by atoms with Gasteiger partial charge in [-0.2, -0.15) is 26.3 Å². The average Bonchev–Trinajstić information content (AvgIpc) is 1.14. The van der Waals surface area contributed by atoms with E-state index < -0.39 is 20.4 Å². The van der Waals surface area contributed by atoms with Gasteiger partial charge in [0.15, 0.2) is 0 Å². The Bertz CT molecular complexity index is 80.9. The highest BCUT2D eigenvalue weighted by Gasteiger charge is 2.43. The van der Waals surface area contributed by atoms with Crippen molar-refractivity contribution in [3.8, 4) is 0 Å². The molecule has 0 aliphatic carbocycles. The molecule has 0 fully saturated rings. The zero-order chi connectivity index (χ0) is 7.71. The summed E-state index contributed by atoms with van der Waals surface area (Å²) in [7, 11) is -2.95. The molecule has 0 aromatic heterocycles. The maximum absolute atomic E-state index is 10.8. The summed E-state index contributed by atoms with van der Waals surface area (Å²) in [5.41, 5.74) is 0. The summed E-state index contributed by atoms with van der Waals surface area (Å²) in [5.74, 6) is -10.2. The topological polar surface area (TPSA) is 0 Å². The molecule has 0 atom stereocenters. The van der Waals surface area contributed by atoms with Gasteiger partial charge in [-0.3, -0.25) is 0 Å². The minimum absolute atomic E-state index is 0. The summed E-state index contributed by atoms with van der Waals surface area (Å²) >= 11 is 0. The van der Waals surface area contributed by atoms with E-state index in [1.165, 1.54) is 0 Å². The highest BCUT2D eigenvalue weighted by Crippen LogP contribution is 2.49. The molecule has 10 heavy (non-hydrogen) atoms. The Hall–Kier alpha value is 0.300. The van der Waals surface area contributed by atoms with Crippen molar-refractivity contribution in [3.05, 3.63) is 0 Å². The number of alkyl halides is 6. The van der Waals surface area contributed by atoms with Crippen LogP contribution < -0.4 is 0 Å². The Morgan fingerprint density at radius 1 is 0.700 bits per heavy atom. The van der Waals surface area contributed by atoms with Crippen LogP contribution >= 0.6 is 21.0 Å². The van der Waals surface area contributed by atoms with E-state index in [2.05, 4.69) is 0 Å². The van der Waals surface area contributed by atoms with E-state index in [4.69, 9.17) is 0 Å². The van der Waals surface area contributed by atoms with Crippen molar-refractivity contribution >= 4 is 21.0 Å². The second kappa shape index (κ2) is 3.62. The summed E-state index contributed by atoms with van der Waals surface area (Å²) in [5, 5.41) is 0. The van der Waals surface area contributed by atoms with E-state index in [9.17, 15) is 26.3 Å². The van der Waals surface area contributed by atoms with Crippen LogP contribution in [0, 0.1) is 0 Å². The predicted octanol–water partition coefficient (Wildman–Crippen LogP) is 3.13. The molecule has 0 aliphatic rings. The van der Waals surface area contributed by atoms with Crippen LogP contribution in [0.4, 0.5) is 26.3 Å². The van der Waals surface area contributed by atoms with Crippen LogP contribution in [-0.4, -0.2) is 11.8 Å². The molecule has 0 bridgehead atoms. The number of halogens is 7. The Labute approximate surface area is 60.2 Å². The van der Waals surface area contributed by atoms with Gasteiger partial charge >= 0.3 is 11.8 Å². The highest BCUT2D eigenvalue weighted by atomic mass is 35.5. The first kappa shape index (κ1) is 12.9. The van der Waals surface area contributed by atoms with Crippen LogP contribution in [0.2, 0.25) is 0 Å². The lowest BCUT2D eigenvalue weighted by Gasteiger charge is -2.07. The van der Waals surface area contributed by atoms with Crippen LogP contribution in [0.15, 0.2) is 0 Å². The summed E-state index contributed by atoms with van der Waals surface area (Å²) < 4.78 is 65.1. The maximum Gasteiger partial charge on any atom is 0.411 e. The normalized spacial score (nSPS) is 12.6. The maximum atomic E-state index is 10.8. The second-order valence-electron chi connectivity index (χ2n) is 1.12. The van der Waals surface area contributed by atoms with E-state index in [0.29, 0.717) is 0 Å². The lowest BCUT2D eigenvalue weighted by molar-refractivity contribution is -0.0775. The Kier molecular flexibility index (Phi) is 4.68. The highest BCUT2D eigenvalue weighted by molar-refractivity contribution is 7.40. The molecule has 0 spiro atoms. The molecule has 64 valence electrons. The first-order valence-corrected chi connectivity index (χ1v) is 2.63. The van der Waals surface area contributed by atoms with Crippen molar-refractivity contribution in [2.45, 2.75) is 11.8 Å². The van der Waals surface area contributed by atoms with Crippen molar-refractivity contribution in [2.75, 3.05) is 0 Å². The fourth-order valence-corrected chi connectivity index (χ4v) is 0.482. The second-order valence-corrected chi connectivity index (χ2v) is 2.50. The lowest BCUT2D eigenvalue weighted by Crippen LogP contribution is -2.08. The zero-order valence-corrected chi connectivity index (χ0v) is 5.99. The van der Waals surface area contributed by atoms with Gasteiger partial charge in [-0.05, 0) is 0 Å². The van der Waals surface area contributed by atoms with E-state index >= 15 is 0 Å². The molecule has 0 aliphatic heterocycles. The quantitative estimate of drug-likeness (QED) is 0.422. The van der Waals surface area contributed by atoms with Crippen LogP contribution in [0.25, 0.3) is 0 Å². The molecule has 8 heteroatoms. The standard InChI is InChI=1S/C2HF6P.ClH/c3-1(4,5)9-2(6,7)8;/h9H;1H. The van der Waals surface area contributed by atoms with Gasteiger partial charge < -0.3 is 0 Å². The molecule has 0 saturated carbocycles. The summed E-state index contributed by atoms with van der Waals surface area (Å²) in [6.07, 6.45) is 0. The van der Waals surface area contributed by atoms with Gasteiger partial charge in [-0.1, -0.05) is 0 Å². The summed E-state index contributed by atoms with van der Waals surface area (Å²) in [6, 6.07) is 0. The van der Waals surface area contributed by atoms with E-state index in [1.807, 2.05) is 0 Å². The van der Waals surface area contributed by atoms with Gasteiger partial charge in [-0.25, -0.2) is 0 Å². The molecule has 0 aromatic rings. The molecular formula is C2H2ClF6P. The third kappa shape index (κ3) is 11.1. The predicted molar refractivity (Wildman–Crippen MR) is 27.7 cm³/mol. The molecule has 0 nitrogen and oxygen atoms in total. The molecule has 0 saturated heterocycles. The van der Waals surface area contributed by atoms with Crippen molar-refractivity contribution in [2.24, 2.45) is 0 Å². The van der Waals surface area contributed by atoms with Gasteiger partial charge in [-0.15, -0.1) is 12.4 Å². The first-order valence-electron chi connectivity index (χ1n) is 1.63. The van der Waals surface area contributed by atoms with Gasteiger partial charge in [0, 0.05) is 0 Å². The van der Waals surface area contributed by atoms with Crippen molar-refractivity contribution in [1.29, 1.82) is 0 Å². The lowest BCUT2D eigenvalue weighted by atomic mass is 11.5. The van der Waals surface area contributed by atoms with Crippen LogP contribution in [0.3, 0.4) is 0 Å². The van der Waals surface area contributed by atoms with Crippen molar-refractivity contribution < 1.29 is 26.3 Å². The van der Waals surface area contributed by atoms with Crippen molar-refractivity contribution in [3.63, 3.8) is 0 Å². The molecule has 0 unspecified atom stereocenters. The number of rotatable bonds is 0. The third-order valence-electron chi connectivity index (χ3n) is 0.283. The smallest absolute Gasteiger partial charge is 0.167 e. The van der Waals surface area contributed by atoms with Gasteiger partial charge in [0.25, 0.3) is 0 Å². The zero-order valence-electron chi connectivity index (χ0n) is 4.18. The van der Waals surface area contributed by atoms with Gasteiger partial charge in [0.2, 0.25) is 0 Å². The van der Waals surface area contributed by atoms with Crippen LogP contribution in [-0.2, 0) is 0 Å². The minimum Gasteiger partial charge on any atom is -0.167 e. The largest absolute Gasteiger partial charge is 0.411 e. The van der Waals surface area contributed by atoms with Crippen LogP contribution in [0.5, 0.6) is 0 Å². The third-order valence-corrected chi connectivity index (χ3v) is 0.850. The van der Waals surface area contributed by atoms with E-state index in [0.717, 1.165) is 0 Å². The SMILES string of the molecule is Cl.FC(F)(F)PC(F)(F)F. The van der Waals surface area contributed by atoms with Crippen LogP contribution in [0.1, 0.15) is 0 Å². The molecule has 0 rings (SSSR count). The number of hydrogen-bond donors (Lipinski definition) is 0. The average molecular weight is 206 g/mol. The summed E-state index contributed by atoms with van der Waals surface area (Å²) in [4.78, 5) is 0. The van der Waals surface area contributed by atoms with Gasteiger partial charge in [0.05, 0.1) is 0 Å². The molecule has 0 amide bonds. The monoisotopic (exact) mass is 206 g/mol. The fraction of sp³-hybridized carbons (Fsp3) is 1.00. The van der Waals surface area contributed by atoms with Gasteiger partial charge in [0.1, 0.15) is 8.58 Å². The van der Waals surface area contributed by atoms with E-state index in [-0.39, 0.29) is 12.4 Å². The molecule has 0 radical (unpaired) electrons. The number of hydrogen-bond acceptors (Lipinski definition) is 0. The molecule has 0 N–H and O–H groups in total. The molecule has 0 aromatic carbocycles. The van der Waals surface area contributed by atoms with Crippen molar-refractivity contribution in [1.82, 2.24) is 0 Å². The minimum atomic E-state index is -5.11. The first-order chi connectivity index (χ1) is 3.71. The Morgan fingerprint density at radius 2 is 0.900 bits per heavy atom. The Morgan fingerprint density at radius 3 is 0.900 bits per heavy atom. The Balaban J connectivity index is 0.